The monoisotopic (exact) mass is 358 g/mol. The number of carboxylic acids is 1. The molecule has 1 atom stereocenters. The Hall–Kier alpha value is 0.650. The fraction of sp³-hybridized carbons (Fsp3) is 0.944. The molecule has 0 fully saturated rings. The molecule has 0 spiro atoms. The summed E-state index contributed by atoms with van der Waals surface area (Å²) < 4.78 is 0. The summed E-state index contributed by atoms with van der Waals surface area (Å²) in [6.45, 7) is 0.333. The van der Waals surface area contributed by atoms with Gasteiger partial charge in [0, 0.05) is 6.61 Å². The summed E-state index contributed by atoms with van der Waals surface area (Å²) in [6.07, 6.45) is 16.0. The minimum absolute atomic E-state index is 0. The van der Waals surface area contributed by atoms with E-state index in [2.05, 4.69) is 0 Å². The Bertz CT molecular complexity index is 249. The second kappa shape index (κ2) is 20.7. The number of hydrogen-bond acceptors (Lipinski definition) is 3. The fourth-order valence-electron chi connectivity index (χ4n) is 2.69. The van der Waals surface area contributed by atoms with E-state index in [1.807, 2.05) is 0 Å². The Balaban J connectivity index is 0. The zero-order valence-corrected chi connectivity index (χ0v) is 14.1. The maximum absolute atomic E-state index is 10.4. The molecule has 0 aliphatic rings. The number of carboxylic acid groups (broad SMARTS) is 1. The molecular formula is C18H38CaO4. The van der Waals surface area contributed by atoms with Crippen LogP contribution in [0.15, 0.2) is 0 Å². The van der Waals surface area contributed by atoms with Crippen LogP contribution in [0, 0.1) is 0 Å². The molecule has 23 heavy (non-hydrogen) atoms. The summed E-state index contributed by atoms with van der Waals surface area (Å²) in [7, 11) is 0. The molecule has 4 nitrogen and oxygen atoms in total. The van der Waals surface area contributed by atoms with Crippen molar-refractivity contribution in [2.75, 3.05) is 6.61 Å². The van der Waals surface area contributed by atoms with Crippen molar-refractivity contribution in [1.29, 1.82) is 0 Å². The Labute approximate surface area is 172 Å². The first-order valence-electron chi connectivity index (χ1n) is 9.20. The first-order valence-corrected chi connectivity index (χ1v) is 9.20. The number of unbranched alkanes of at least 4 members (excludes halogenated alkanes) is 13. The van der Waals surface area contributed by atoms with E-state index in [1.165, 1.54) is 64.2 Å². The molecule has 0 radical (unpaired) electrons. The molecule has 3 N–H and O–H groups in total. The van der Waals surface area contributed by atoms with E-state index in [9.17, 15) is 4.79 Å². The molecule has 0 heterocycles. The molecule has 0 saturated heterocycles. The van der Waals surface area contributed by atoms with Gasteiger partial charge in [0.1, 0.15) is 0 Å². The third-order valence-electron chi connectivity index (χ3n) is 4.17. The predicted octanol–water partition coefficient (Wildman–Crippen LogP) is 3.36. The van der Waals surface area contributed by atoms with Crippen molar-refractivity contribution >= 4 is 43.7 Å². The van der Waals surface area contributed by atoms with Crippen molar-refractivity contribution < 1.29 is 20.1 Å². The van der Waals surface area contributed by atoms with Crippen LogP contribution in [0.1, 0.15) is 96.3 Å². The van der Waals surface area contributed by atoms with E-state index in [-0.39, 0.29) is 37.7 Å². The van der Waals surface area contributed by atoms with Crippen molar-refractivity contribution in [3.63, 3.8) is 0 Å². The van der Waals surface area contributed by atoms with Gasteiger partial charge in [0.2, 0.25) is 0 Å². The number of aliphatic hydroxyl groups is 2. The third-order valence-corrected chi connectivity index (χ3v) is 4.17. The van der Waals surface area contributed by atoms with E-state index >= 15 is 0 Å². The molecule has 0 amide bonds. The van der Waals surface area contributed by atoms with Crippen LogP contribution in [-0.2, 0) is 4.79 Å². The first-order chi connectivity index (χ1) is 10.7. The van der Waals surface area contributed by atoms with Crippen molar-refractivity contribution in [2.24, 2.45) is 0 Å². The van der Waals surface area contributed by atoms with Crippen molar-refractivity contribution in [3.8, 4) is 0 Å². The summed E-state index contributed by atoms with van der Waals surface area (Å²) in [4.78, 5) is 10.4. The number of rotatable bonds is 17. The van der Waals surface area contributed by atoms with Gasteiger partial charge in [0.05, 0.1) is 0 Å². The summed E-state index contributed by atoms with van der Waals surface area (Å²) in [6, 6.07) is 0. The van der Waals surface area contributed by atoms with Crippen LogP contribution < -0.4 is 0 Å². The minimum atomic E-state index is -1.18. The van der Waals surface area contributed by atoms with E-state index < -0.39 is 12.1 Å². The maximum atomic E-state index is 10.4. The van der Waals surface area contributed by atoms with Crippen LogP contribution in [0.25, 0.3) is 0 Å². The van der Waals surface area contributed by atoms with E-state index in [1.54, 1.807) is 0 Å². The van der Waals surface area contributed by atoms with Gasteiger partial charge in [-0.2, -0.15) is 0 Å². The van der Waals surface area contributed by atoms with Crippen molar-refractivity contribution in [3.05, 3.63) is 0 Å². The van der Waals surface area contributed by atoms with Crippen LogP contribution in [0.2, 0.25) is 0 Å². The number of carbonyl (C=O) groups is 1. The summed E-state index contributed by atoms with van der Waals surface area (Å²) in [5, 5.41) is 26.3. The van der Waals surface area contributed by atoms with Gasteiger partial charge in [-0.05, 0) is 12.8 Å². The number of aliphatic hydroxyl groups excluding tert-OH is 2. The standard InChI is InChI=1S/C18H36O4.Ca.2H/c19-16-14-12-10-8-6-4-2-1-3-5-7-9-11-13-15-17(20)18(21)22;;;/h17,19-20H,1-16H2,(H,21,22);;;. The molecule has 1 unspecified atom stereocenters. The molecule has 0 aromatic carbocycles. The van der Waals surface area contributed by atoms with Crippen LogP contribution in [-0.4, -0.2) is 71.7 Å². The molecule has 0 aliphatic heterocycles. The Morgan fingerprint density at radius 2 is 0.957 bits per heavy atom. The fourth-order valence-corrected chi connectivity index (χ4v) is 2.69. The van der Waals surface area contributed by atoms with Crippen LogP contribution >= 0.6 is 0 Å². The molecule has 0 bridgehead atoms. The van der Waals surface area contributed by atoms with Gasteiger partial charge in [0.25, 0.3) is 0 Å². The Morgan fingerprint density at radius 1 is 0.652 bits per heavy atom. The predicted molar refractivity (Wildman–Crippen MR) is 98.5 cm³/mol. The zero-order chi connectivity index (χ0) is 16.5. The van der Waals surface area contributed by atoms with Crippen molar-refractivity contribution in [2.45, 2.75) is 102 Å². The quantitative estimate of drug-likeness (QED) is 0.275. The summed E-state index contributed by atoms with van der Waals surface area (Å²) >= 11 is 0. The van der Waals surface area contributed by atoms with Crippen molar-refractivity contribution in [1.82, 2.24) is 0 Å². The van der Waals surface area contributed by atoms with Gasteiger partial charge in [0.15, 0.2) is 6.10 Å². The number of hydrogen-bond donors (Lipinski definition) is 3. The van der Waals surface area contributed by atoms with E-state index in [0.29, 0.717) is 13.0 Å². The molecular weight excluding hydrogens is 320 g/mol. The third kappa shape index (κ3) is 20.6. The van der Waals surface area contributed by atoms with Crippen LogP contribution in [0.3, 0.4) is 0 Å². The average Bonchev–Trinajstić information content (AvgIpc) is 2.50. The second-order valence-electron chi connectivity index (χ2n) is 6.32. The molecule has 5 heteroatoms. The molecule has 0 aromatic heterocycles. The molecule has 0 rings (SSSR count). The van der Waals surface area contributed by atoms with E-state index in [4.69, 9.17) is 15.3 Å². The number of aliphatic carboxylic acids is 1. The second-order valence-corrected chi connectivity index (χ2v) is 6.32. The van der Waals surface area contributed by atoms with Gasteiger partial charge in [-0.15, -0.1) is 0 Å². The first kappa shape index (κ1) is 25.9. The average molecular weight is 359 g/mol. The molecule has 0 saturated carbocycles. The SMILES string of the molecule is O=C(O)C(O)CCCCCCCCCCCCCCCCO.[CaH2]. The molecule has 0 aromatic rings. The zero-order valence-electron chi connectivity index (χ0n) is 14.1. The molecule has 0 aliphatic carbocycles. The van der Waals surface area contributed by atoms with E-state index in [0.717, 1.165) is 25.7 Å². The van der Waals surface area contributed by atoms with Crippen LogP contribution in [0.5, 0.6) is 0 Å². The van der Waals surface area contributed by atoms with Gasteiger partial charge in [-0.1, -0.05) is 83.5 Å². The van der Waals surface area contributed by atoms with Gasteiger partial charge < -0.3 is 15.3 Å². The summed E-state index contributed by atoms with van der Waals surface area (Å²) in [5.41, 5.74) is 0. The normalized spacial score (nSPS) is 11.9. The molecule has 136 valence electrons. The van der Waals surface area contributed by atoms with Gasteiger partial charge in [-0.25, -0.2) is 4.79 Å². The van der Waals surface area contributed by atoms with Crippen LogP contribution in [0.4, 0.5) is 0 Å². The topological polar surface area (TPSA) is 77.8 Å². The summed E-state index contributed by atoms with van der Waals surface area (Å²) in [5.74, 6) is -1.10. The Kier molecular flexibility index (Phi) is 23.3. The van der Waals surface area contributed by atoms with Gasteiger partial charge in [-0.3, -0.25) is 0 Å². The Morgan fingerprint density at radius 3 is 1.26 bits per heavy atom. The van der Waals surface area contributed by atoms with Gasteiger partial charge >= 0.3 is 43.7 Å².